The predicted molar refractivity (Wildman–Crippen MR) is 66.1 cm³/mol. The first-order valence-electron chi connectivity index (χ1n) is 6.19. The van der Waals surface area contributed by atoms with E-state index >= 15 is 0 Å². The molecule has 104 valence electrons. The van der Waals surface area contributed by atoms with E-state index in [0.29, 0.717) is 6.54 Å². The molecule has 3 unspecified atom stereocenters. The molecule has 0 aliphatic heterocycles. The fourth-order valence-corrected chi connectivity index (χ4v) is 2.29. The summed E-state index contributed by atoms with van der Waals surface area (Å²) >= 11 is 0. The second-order valence-corrected chi connectivity index (χ2v) is 4.50. The van der Waals surface area contributed by atoms with Gasteiger partial charge in [-0.2, -0.15) is 0 Å². The van der Waals surface area contributed by atoms with Crippen LogP contribution >= 0.6 is 0 Å². The predicted octanol–water partition coefficient (Wildman–Crippen LogP) is -0.179. The Hall–Kier alpha value is -1.14. The van der Waals surface area contributed by atoms with Gasteiger partial charge in [0.2, 0.25) is 5.91 Å². The number of carbonyl (C=O) groups is 2. The lowest BCUT2D eigenvalue weighted by Crippen LogP contribution is -2.50. The lowest BCUT2D eigenvalue weighted by molar-refractivity contribution is -0.144. The number of methoxy groups -OCH3 is 2. The van der Waals surface area contributed by atoms with Gasteiger partial charge < -0.3 is 20.1 Å². The Kier molecular flexibility index (Phi) is 6.07. The lowest BCUT2D eigenvalue weighted by atomic mass is 10.2. The van der Waals surface area contributed by atoms with E-state index in [4.69, 9.17) is 4.74 Å². The summed E-state index contributed by atoms with van der Waals surface area (Å²) in [6.45, 7) is 1.74. The quantitative estimate of drug-likeness (QED) is 0.646. The summed E-state index contributed by atoms with van der Waals surface area (Å²) in [5.41, 5.74) is 0. The Morgan fingerprint density at radius 1 is 1.33 bits per heavy atom. The monoisotopic (exact) mass is 258 g/mol. The summed E-state index contributed by atoms with van der Waals surface area (Å²) < 4.78 is 10.0. The molecule has 1 aliphatic rings. The van der Waals surface area contributed by atoms with Crippen LogP contribution in [0.2, 0.25) is 0 Å². The molecule has 2 N–H and O–H groups in total. The van der Waals surface area contributed by atoms with E-state index in [1.807, 2.05) is 0 Å². The molecule has 1 amide bonds. The van der Waals surface area contributed by atoms with Gasteiger partial charge in [-0.1, -0.05) is 0 Å². The topological polar surface area (TPSA) is 76.7 Å². The van der Waals surface area contributed by atoms with E-state index in [2.05, 4.69) is 15.4 Å². The fourth-order valence-electron chi connectivity index (χ4n) is 2.29. The van der Waals surface area contributed by atoms with Crippen LogP contribution in [0.25, 0.3) is 0 Å². The number of amides is 1. The van der Waals surface area contributed by atoms with Gasteiger partial charge in [-0.15, -0.1) is 0 Å². The minimum atomic E-state index is -0.648. The molecule has 0 heterocycles. The van der Waals surface area contributed by atoms with Crippen LogP contribution < -0.4 is 10.6 Å². The molecule has 3 atom stereocenters. The zero-order valence-corrected chi connectivity index (χ0v) is 11.2. The summed E-state index contributed by atoms with van der Waals surface area (Å²) in [4.78, 5) is 22.5. The van der Waals surface area contributed by atoms with Crippen LogP contribution in [0.15, 0.2) is 0 Å². The Labute approximate surface area is 107 Å². The summed E-state index contributed by atoms with van der Waals surface area (Å²) in [7, 11) is 3.00. The highest BCUT2D eigenvalue weighted by Gasteiger charge is 2.29. The molecule has 0 saturated heterocycles. The largest absolute Gasteiger partial charge is 0.467 e. The van der Waals surface area contributed by atoms with Crippen LogP contribution in [0.5, 0.6) is 0 Å². The van der Waals surface area contributed by atoms with E-state index in [1.54, 1.807) is 7.11 Å². The maximum absolute atomic E-state index is 11.5. The number of ether oxygens (including phenoxy) is 2. The van der Waals surface area contributed by atoms with Crippen molar-refractivity contribution in [3.8, 4) is 0 Å². The fraction of sp³-hybridized carbons (Fsp3) is 0.833. The molecule has 1 fully saturated rings. The third-order valence-electron chi connectivity index (χ3n) is 3.20. The smallest absolute Gasteiger partial charge is 0.329 e. The number of rotatable bonds is 6. The van der Waals surface area contributed by atoms with Gasteiger partial charge in [0, 0.05) is 26.6 Å². The first-order chi connectivity index (χ1) is 8.58. The average molecular weight is 258 g/mol. The van der Waals surface area contributed by atoms with E-state index in [9.17, 15) is 9.59 Å². The van der Waals surface area contributed by atoms with Gasteiger partial charge in [0.1, 0.15) is 6.04 Å². The molecule has 1 rings (SSSR count). The number of hydrogen-bond acceptors (Lipinski definition) is 5. The van der Waals surface area contributed by atoms with E-state index in [1.165, 1.54) is 14.0 Å². The highest BCUT2D eigenvalue weighted by atomic mass is 16.5. The summed E-state index contributed by atoms with van der Waals surface area (Å²) in [6, 6.07) is -0.415. The van der Waals surface area contributed by atoms with Gasteiger partial charge in [0.05, 0.1) is 13.2 Å². The van der Waals surface area contributed by atoms with E-state index < -0.39 is 12.0 Å². The van der Waals surface area contributed by atoms with Gasteiger partial charge in [-0.3, -0.25) is 4.79 Å². The molecule has 6 nitrogen and oxygen atoms in total. The zero-order chi connectivity index (χ0) is 13.5. The van der Waals surface area contributed by atoms with Crippen molar-refractivity contribution in [3.05, 3.63) is 0 Å². The van der Waals surface area contributed by atoms with Crippen LogP contribution in [0, 0.1) is 0 Å². The normalized spacial score (nSPS) is 24.6. The van der Waals surface area contributed by atoms with Crippen molar-refractivity contribution in [2.45, 2.75) is 44.4 Å². The number of esters is 1. The highest BCUT2D eigenvalue weighted by molar-refractivity contribution is 5.83. The van der Waals surface area contributed by atoms with Gasteiger partial charge in [0.15, 0.2) is 0 Å². The molecule has 6 heteroatoms. The summed E-state index contributed by atoms with van der Waals surface area (Å²) in [5, 5.41) is 5.83. The molecule has 0 aromatic heterocycles. The third kappa shape index (κ3) is 4.27. The van der Waals surface area contributed by atoms with Crippen molar-refractivity contribution in [3.63, 3.8) is 0 Å². The summed E-state index contributed by atoms with van der Waals surface area (Å²) in [5.74, 6) is -0.688. The highest BCUT2D eigenvalue weighted by Crippen LogP contribution is 2.21. The molecule has 0 spiro atoms. The standard InChI is InChI=1S/C12H22N2O4/c1-8(15)14-10(12(16)18-3)7-13-9-5-4-6-11(9)17-2/h9-11,13H,4-7H2,1-3H3,(H,14,15). The zero-order valence-electron chi connectivity index (χ0n) is 11.2. The number of carbonyl (C=O) groups excluding carboxylic acids is 2. The van der Waals surface area contributed by atoms with Gasteiger partial charge >= 0.3 is 5.97 Å². The average Bonchev–Trinajstić information content (AvgIpc) is 2.80. The minimum Gasteiger partial charge on any atom is -0.467 e. The van der Waals surface area contributed by atoms with Gasteiger partial charge in [0.25, 0.3) is 0 Å². The molecule has 0 aromatic rings. The van der Waals surface area contributed by atoms with Gasteiger partial charge in [-0.05, 0) is 19.3 Å². The van der Waals surface area contributed by atoms with Crippen LogP contribution in [-0.2, 0) is 19.1 Å². The van der Waals surface area contributed by atoms with Crippen molar-refractivity contribution < 1.29 is 19.1 Å². The minimum absolute atomic E-state index is 0.181. The Morgan fingerprint density at radius 3 is 2.61 bits per heavy atom. The second-order valence-electron chi connectivity index (χ2n) is 4.50. The number of hydrogen-bond donors (Lipinski definition) is 2. The van der Waals surface area contributed by atoms with Crippen molar-refractivity contribution in [2.24, 2.45) is 0 Å². The first kappa shape index (κ1) is 14.9. The van der Waals surface area contributed by atoms with Gasteiger partial charge in [-0.25, -0.2) is 4.79 Å². The Balaban J connectivity index is 2.45. The maximum atomic E-state index is 11.5. The van der Waals surface area contributed by atoms with Crippen molar-refractivity contribution in [2.75, 3.05) is 20.8 Å². The maximum Gasteiger partial charge on any atom is 0.329 e. The molecule has 18 heavy (non-hydrogen) atoms. The molecule has 0 radical (unpaired) electrons. The number of nitrogens with one attached hydrogen (secondary N) is 2. The van der Waals surface area contributed by atoms with Crippen LogP contribution in [0.1, 0.15) is 26.2 Å². The van der Waals surface area contributed by atoms with E-state index in [-0.39, 0.29) is 18.1 Å². The van der Waals surface area contributed by atoms with Crippen LogP contribution in [0.3, 0.4) is 0 Å². The summed E-state index contributed by atoms with van der Waals surface area (Å²) in [6.07, 6.45) is 3.34. The molecular formula is C12H22N2O4. The third-order valence-corrected chi connectivity index (χ3v) is 3.20. The molecule has 0 bridgehead atoms. The van der Waals surface area contributed by atoms with Crippen molar-refractivity contribution in [1.82, 2.24) is 10.6 Å². The molecular weight excluding hydrogens is 236 g/mol. The lowest BCUT2D eigenvalue weighted by Gasteiger charge is -2.23. The van der Waals surface area contributed by atoms with Crippen molar-refractivity contribution >= 4 is 11.9 Å². The first-order valence-corrected chi connectivity index (χ1v) is 6.19. The Morgan fingerprint density at radius 2 is 2.06 bits per heavy atom. The van der Waals surface area contributed by atoms with Crippen LogP contribution in [0.4, 0.5) is 0 Å². The second kappa shape index (κ2) is 7.33. The Bertz CT molecular complexity index is 296. The SMILES string of the molecule is COC(=O)C(CNC1CCCC1OC)NC(C)=O. The molecule has 0 aromatic carbocycles. The molecule has 1 saturated carbocycles. The van der Waals surface area contributed by atoms with Crippen molar-refractivity contribution in [1.29, 1.82) is 0 Å². The van der Waals surface area contributed by atoms with E-state index in [0.717, 1.165) is 19.3 Å². The molecule has 1 aliphatic carbocycles. The van der Waals surface area contributed by atoms with Crippen LogP contribution in [-0.4, -0.2) is 50.8 Å².